The summed E-state index contributed by atoms with van der Waals surface area (Å²) in [4.78, 5) is 28.3. The van der Waals surface area contributed by atoms with E-state index in [1.54, 1.807) is 7.11 Å². The number of nitrogens with zero attached hydrogens (tertiary/aromatic N) is 1. The van der Waals surface area contributed by atoms with E-state index in [9.17, 15) is 9.59 Å². The van der Waals surface area contributed by atoms with Gasteiger partial charge in [0.2, 0.25) is 0 Å². The highest BCUT2D eigenvalue weighted by molar-refractivity contribution is 5.95. The fourth-order valence-corrected chi connectivity index (χ4v) is 6.48. The molecular weight excluding hydrogens is 366 g/mol. The summed E-state index contributed by atoms with van der Waals surface area (Å²) >= 11 is 0. The Bertz CT molecular complexity index is 1030. The number of hydrogen-bond acceptors (Lipinski definition) is 4. The molecule has 6 rings (SSSR count). The first kappa shape index (κ1) is 17.1. The number of Topliss-reactive ketones (excluding diaryl/α,β-unsaturated/α-hetero) is 1. The fourth-order valence-electron chi connectivity index (χ4n) is 6.48. The summed E-state index contributed by atoms with van der Waals surface area (Å²) < 4.78 is 11.9. The Balaban J connectivity index is 1.50. The highest BCUT2D eigenvalue weighted by Crippen LogP contribution is 2.63. The van der Waals surface area contributed by atoms with Crippen molar-refractivity contribution in [3.05, 3.63) is 59.2 Å². The standard InChI is InChI=1S/C24H23NO4/c1-28-19-10-7-15-13-17-16-8-9-18(26)22-24(16,20(15)21(19)29-22)11-12-25(17)23(27)14-5-3-2-4-6-14/h2-7,10,16-17,22H,8-9,11-13H2,1H3/t16-,17+,22-,24-/m1/s1. The minimum absolute atomic E-state index is 0.0926. The van der Waals surface area contributed by atoms with E-state index in [0.29, 0.717) is 18.7 Å². The Morgan fingerprint density at radius 2 is 2.03 bits per heavy atom. The zero-order valence-corrected chi connectivity index (χ0v) is 16.4. The van der Waals surface area contributed by atoms with Crippen molar-refractivity contribution in [1.82, 2.24) is 4.90 Å². The molecule has 2 aromatic rings. The van der Waals surface area contributed by atoms with Crippen LogP contribution in [-0.4, -0.2) is 42.4 Å². The number of ether oxygens (including phenoxy) is 2. The molecule has 2 bridgehead atoms. The third-order valence-electron chi connectivity index (χ3n) is 7.59. The second-order valence-electron chi connectivity index (χ2n) is 8.67. The molecule has 5 heteroatoms. The SMILES string of the molecule is COc1ccc2c3c1O[C@@H]1C(=O)CC[C@@H]4[C@H](C2)N(C(=O)c2ccccc2)CC[C@@]314. The Morgan fingerprint density at radius 3 is 2.83 bits per heavy atom. The van der Waals surface area contributed by atoms with Crippen LogP contribution in [0.2, 0.25) is 0 Å². The molecule has 2 aromatic carbocycles. The maximum Gasteiger partial charge on any atom is 0.254 e. The van der Waals surface area contributed by atoms with Gasteiger partial charge in [-0.15, -0.1) is 0 Å². The van der Waals surface area contributed by atoms with Crippen molar-refractivity contribution in [3.63, 3.8) is 0 Å². The molecule has 29 heavy (non-hydrogen) atoms. The van der Waals surface area contributed by atoms with E-state index < -0.39 is 6.10 Å². The second-order valence-corrected chi connectivity index (χ2v) is 8.67. The van der Waals surface area contributed by atoms with Crippen LogP contribution in [0.25, 0.3) is 0 Å². The normalized spacial score (nSPS) is 31.1. The van der Waals surface area contributed by atoms with Gasteiger partial charge in [-0.25, -0.2) is 0 Å². The van der Waals surface area contributed by atoms with Gasteiger partial charge in [0, 0.05) is 30.1 Å². The van der Waals surface area contributed by atoms with Crippen molar-refractivity contribution in [2.45, 2.75) is 43.2 Å². The summed E-state index contributed by atoms with van der Waals surface area (Å²) in [5, 5.41) is 0. The van der Waals surface area contributed by atoms with Gasteiger partial charge >= 0.3 is 0 Å². The monoisotopic (exact) mass is 389 g/mol. The number of rotatable bonds is 2. The largest absolute Gasteiger partial charge is 0.493 e. The molecule has 148 valence electrons. The van der Waals surface area contributed by atoms with Crippen molar-refractivity contribution < 1.29 is 19.1 Å². The maximum absolute atomic E-state index is 13.4. The molecule has 2 heterocycles. The number of carbonyl (C=O) groups excluding carboxylic acids is 2. The predicted molar refractivity (Wildman–Crippen MR) is 106 cm³/mol. The first-order chi connectivity index (χ1) is 14.1. The molecule has 0 N–H and O–H groups in total. The molecule has 5 nitrogen and oxygen atoms in total. The summed E-state index contributed by atoms with van der Waals surface area (Å²) in [6.07, 6.45) is 2.46. The summed E-state index contributed by atoms with van der Waals surface area (Å²) in [7, 11) is 1.65. The summed E-state index contributed by atoms with van der Waals surface area (Å²) in [6.45, 7) is 0.651. The van der Waals surface area contributed by atoms with Crippen LogP contribution in [0.3, 0.4) is 0 Å². The zero-order valence-electron chi connectivity index (χ0n) is 16.4. The van der Waals surface area contributed by atoms with E-state index in [0.717, 1.165) is 30.6 Å². The molecule has 1 spiro atoms. The van der Waals surface area contributed by atoms with E-state index in [-0.39, 0.29) is 29.1 Å². The van der Waals surface area contributed by atoms with Gasteiger partial charge in [-0.05, 0) is 48.9 Å². The Hall–Kier alpha value is -2.82. The molecule has 1 amide bonds. The summed E-state index contributed by atoms with van der Waals surface area (Å²) in [6, 6.07) is 13.7. The van der Waals surface area contributed by atoms with Crippen LogP contribution < -0.4 is 9.47 Å². The molecule has 0 radical (unpaired) electrons. The molecule has 4 atom stereocenters. The molecule has 0 unspecified atom stereocenters. The van der Waals surface area contributed by atoms with E-state index in [1.807, 2.05) is 36.4 Å². The number of ketones is 1. The van der Waals surface area contributed by atoms with Crippen molar-refractivity contribution in [2.75, 3.05) is 13.7 Å². The van der Waals surface area contributed by atoms with Gasteiger partial charge in [0.15, 0.2) is 23.4 Å². The fraction of sp³-hybridized carbons (Fsp3) is 0.417. The van der Waals surface area contributed by atoms with Crippen LogP contribution in [0.4, 0.5) is 0 Å². The highest BCUT2D eigenvalue weighted by Gasteiger charge is 2.66. The number of benzene rings is 2. The summed E-state index contributed by atoms with van der Waals surface area (Å²) in [5.41, 5.74) is 2.80. The molecular formula is C24H23NO4. The van der Waals surface area contributed by atoms with Crippen LogP contribution in [0.1, 0.15) is 40.7 Å². The van der Waals surface area contributed by atoms with Crippen molar-refractivity contribution in [2.24, 2.45) is 5.92 Å². The topological polar surface area (TPSA) is 55.8 Å². The molecule has 2 fully saturated rings. The lowest BCUT2D eigenvalue weighted by Crippen LogP contribution is -2.66. The number of methoxy groups -OCH3 is 1. The van der Waals surface area contributed by atoms with E-state index in [4.69, 9.17) is 9.47 Å². The average molecular weight is 389 g/mol. The average Bonchev–Trinajstić information content (AvgIpc) is 3.10. The molecule has 2 aliphatic carbocycles. The first-order valence-electron chi connectivity index (χ1n) is 10.4. The third kappa shape index (κ3) is 2.05. The van der Waals surface area contributed by atoms with Gasteiger partial charge in [-0.1, -0.05) is 24.3 Å². The minimum Gasteiger partial charge on any atom is -0.493 e. The Morgan fingerprint density at radius 1 is 1.21 bits per heavy atom. The number of carbonyl (C=O) groups is 2. The van der Waals surface area contributed by atoms with Crippen LogP contribution in [0.15, 0.2) is 42.5 Å². The number of amides is 1. The molecule has 0 aromatic heterocycles. The van der Waals surface area contributed by atoms with E-state index in [1.165, 1.54) is 11.1 Å². The highest BCUT2D eigenvalue weighted by atomic mass is 16.5. The number of piperidine rings is 1. The smallest absolute Gasteiger partial charge is 0.254 e. The lowest BCUT2D eigenvalue weighted by Gasteiger charge is -2.57. The minimum atomic E-state index is -0.442. The molecule has 1 saturated heterocycles. The van der Waals surface area contributed by atoms with Crippen molar-refractivity contribution in [1.29, 1.82) is 0 Å². The second kappa shape index (κ2) is 5.85. The van der Waals surface area contributed by atoms with Gasteiger partial charge < -0.3 is 14.4 Å². The van der Waals surface area contributed by atoms with Gasteiger partial charge in [-0.2, -0.15) is 0 Å². The maximum atomic E-state index is 13.4. The predicted octanol–water partition coefficient (Wildman–Crippen LogP) is 3.14. The summed E-state index contributed by atoms with van der Waals surface area (Å²) in [5.74, 6) is 1.99. The Kier molecular flexibility index (Phi) is 3.44. The lowest BCUT2D eigenvalue weighted by atomic mass is 9.51. The van der Waals surface area contributed by atoms with Gasteiger partial charge in [0.1, 0.15) is 0 Å². The molecule has 1 saturated carbocycles. The zero-order chi connectivity index (χ0) is 19.8. The van der Waals surface area contributed by atoms with E-state index in [2.05, 4.69) is 11.0 Å². The van der Waals surface area contributed by atoms with Crippen LogP contribution >= 0.6 is 0 Å². The number of hydrogen-bond donors (Lipinski definition) is 0. The molecule has 4 aliphatic rings. The van der Waals surface area contributed by atoms with Crippen molar-refractivity contribution >= 4 is 11.7 Å². The first-order valence-corrected chi connectivity index (χ1v) is 10.4. The van der Waals surface area contributed by atoms with Gasteiger partial charge in [-0.3, -0.25) is 9.59 Å². The van der Waals surface area contributed by atoms with Gasteiger partial charge in [0.25, 0.3) is 5.91 Å². The van der Waals surface area contributed by atoms with Gasteiger partial charge in [0.05, 0.1) is 12.5 Å². The van der Waals surface area contributed by atoms with Crippen LogP contribution in [-0.2, 0) is 16.6 Å². The third-order valence-corrected chi connectivity index (χ3v) is 7.59. The van der Waals surface area contributed by atoms with Crippen molar-refractivity contribution in [3.8, 4) is 11.5 Å². The lowest BCUT2D eigenvalue weighted by molar-refractivity contribution is -0.137. The number of likely N-dealkylation sites (tertiary alicyclic amines) is 1. The Labute approximate surface area is 169 Å². The quantitative estimate of drug-likeness (QED) is 0.792. The van der Waals surface area contributed by atoms with Crippen LogP contribution in [0.5, 0.6) is 11.5 Å². The van der Waals surface area contributed by atoms with Crippen LogP contribution in [0, 0.1) is 5.92 Å². The molecule has 2 aliphatic heterocycles. The van der Waals surface area contributed by atoms with E-state index >= 15 is 0 Å².